The van der Waals surface area contributed by atoms with Gasteiger partial charge in [-0.25, -0.2) is 8.42 Å². The van der Waals surface area contributed by atoms with Crippen LogP contribution in [-0.2, 0) is 26.0 Å². The minimum absolute atomic E-state index is 0.00630. The van der Waals surface area contributed by atoms with Gasteiger partial charge in [0.05, 0.1) is 10.6 Å². The number of anilines is 1. The van der Waals surface area contributed by atoms with Gasteiger partial charge < -0.3 is 15.4 Å². The molecule has 2 N–H and O–H groups in total. The zero-order chi connectivity index (χ0) is 24.3. The van der Waals surface area contributed by atoms with Gasteiger partial charge in [-0.1, -0.05) is 30.3 Å². The second-order valence-electron chi connectivity index (χ2n) is 8.92. The SMILES string of the molecule is Cc1cc2c(cc1S(=O)(=O)N1CCC(C(=O)NCCCc3ccccc3)CC1)O[C@@H](C)C(=O)N2. The largest absolute Gasteiger partial charge is 0.479 e. The third-order valence-corrected chi connectivity index (χ3v) is 8.48. The summed E-state index contributed by atoms with van der Waals surface area (Å²) in [4.78, 5) is 24.6. The lowest BCUT2D eigenvalue weighted by Gasteiger charge is -2.31. The van der Waals surface area contributed by atoms with Crippen molar-refractivity contribution in [1.29, 1.82) is 0 Å². The first-order chi connectivity index (χ1) is 16.3. The van der Waals surface area contributed by atoms with E-state index >= 15 is 0 Å². The number of sulfonamides is 1. The Morgan fingerprint density at radius 3 is 2.59 bits per heavy atom. The molecule has 1 saturated heterocycles. The molecule has 2 amide bonds. The Morgan fingerprint density at radius 2 is 1.88 bits per heavy atom. The predicted molar refractivity (Wildman–Crippen MR) is 129 cm³/mol. The average Bonchev–Trinajstić information content (AvgIpc) is 2.83. The van der Waals surface area contributed by atoms with Crippen molar-refractivity contribution in [2.24, 2.45) is 5.92 Å². The third-order valence-electron chi connectivity index (χ3n) is 6.43. The van der Waals surface area contributed by atoms with Gasteiger partial charge in [0.15, 0.2) is 6.10 Å². The van der Waals surface area contributed by atoms with E-state index < -0.39 is 16.1 Å². The summed E-state index contributed by atoms with van der Waals surface area (Å²) in [7, 11) is -3.75. The fraction of sp³-hybridized carbons (Fsp3) is 0.440. The van der Waals surface area contributed by atoms with Gasteiger partial charge in [-0.2, -0.15) is 4.31 Å². The monoisotopic (exact) mass is 485 g/mol. The highest BCUT2D eigenvalue weighted by Gasteiger charge is 2.34. The highest BCUT2D eigenvalue weighted by Crippen LogP contribution is 2.36. The molecule has 0 radical (unpaired) electrons. The van der Waals surface area contributed by atoms with Crippen LogP contribution in [0, 0.1) is 12.8 Å². The van der Waals surface area contributed by atoms with Crippen LogP contribution < -0.4 is 15.4 Å². The molecule has 0 aliphatic carbocycles. The van der Waals surface area contributed by atoms with Crippen molar-refractivity contribution < 1.29 is 22.7 Å². The van der Waals surface area contributed by atoms with Crippen molar-refractivity contribution in [1.82, 2.24) is 9.62 Å². The molecule has 2 aliphatic heterocycles. The molecule has 9 heteroatoms. The average molecular weight is 486 g/mol. The van der Waals surface area contributed by atoms with Gasteiger partial charge in [-0.3, -0.25) is 9.59 Å². The molecule has 2 heterocycles. The molecule has 8 nitrogen and oxygen atoms in total. The number of benzene rings is 2. The molecule has 2 aromatic rings. The molecule has 2 aliphatic rings. The molecule has 1 fully saturated rings. The molecule has 0 bridgehead atoms. The number of piperidine rings is 1. The Hall–Kier alpha value is -2.91. The molecule has 0 aromatic heterocycles. The van der Waals surface area contributed by atoms with Crippen LogP contribution in [0.4, 0.5) is 5.69 Å². The smallest absolute Gasteiger partial charge is 0.265 e. The van der Waals surface area contributed by atoms with Crippen LogP contribution in [0.15, 0.2) is 47.4 Å². The number of aryl methyl sites for hydroxylation is 2. The number of nitrogens with zero attached hydrogens (tertiary/aromatic N) is 1. The lowest BCUT2D eigenvalue weighted by atomic mass is 9.97. The predicted octanol–water partition coefficient (Wildman–Crippen LogP) is 2.86. The summed E-state index contributed by atoms with van der Waals surface area (Å²) in [5.74, 6) is -0.107. The number of hydrogen-bond acceptors (Lipinski definition) is 5. The number of fused-ring (bicyclic) bond motifs is 1. The number of amides is 2. The van der Waals surface area contributed by atoms with Gasteiger partial charge in [0.25, 0.3) is 5.91 Å². The summed E-state index contributed by atoms with van der Waals surface area (Å²) in [5.41, 5.74) is 2.26. The maximum absolute atomic E-state index is 13.3. The number of nitrogens with one attached hydrogen (secondary N) is 2. The van der Waals surface area contributed by atoms with Crippen LogP contribution in [0.25, 0.3) is 0 Å². The quantitative estimate of drug-likeness (QED) is 0.587. The Balaban J connectivity index is 1.32. The molecule has 0 unspecified atom stereocenters. The second-order valence-corrected chi connectivity index (χ2v) is 10.8. The molecule has 182 valence electrons. The van der Waals surface area contributed by atoms with Gasteiger partial charge in [0.1, 0.15) is 5.75 Å². The fourth-order valence-corrected chi connectivity index (χ4v) is 6.10. The first kappa shape index (κ1) is 24.2. The van der Waals surface area contributed by atoms with Crippen molar-refractivity contribution in [3.63, 3.8) is 0 Å². The number of carbonyl (C=O) groups is 2. The first-order valence-corrected chi connectivity index (χ1v) is 13.1. The number of carbonyl (C=O) groups excluding carboxylic acids is 2. The van der Waals surface area contributed by atoms with E-state index in [1.807, 2.05) is 18.2 Å². The third kappa shape index (κ3) is 5.26. The zero-order valence-electron chi connectivity index (χ0n) is 19.5. The second kappa shape index (κ2) is 10.1. The topological polar surface area (TPSA) is 105 Å². The van der Waals surface area contributed by atoms with Gasteiger partial charge >= 0.3 is 0 Å². The molecular weight excluding hydrogens is 454 g/mol. The summed E-state index contributed by atoms with van der Waals surface area (Å²) < 4.78 is 33.7. The molecule has 2 aromatic carbocycles. The van der Waals surface area contributed by atoms with Crippen LogP contribution in [0.2, 0.25) is 0 Å². The summed E-state index contributed by atoms with van der Waals surface area (Å²) in [6, 6.07) is 13.3. The lowest BCUT2D eigenvalue weighted by Crippen LogP contribution is -2.43. The van der Waals surface area contributed by atoms with Crippen molar-refractivity contribution >= 4 is 27.5 Å². The van der Waals surface area contributed by atoms with E-state index in [0.717, 1.165) is 12.8 Å². The van der Waals surface area contributed by atoms with Crippen LogP contribution in [-0.4, -0.2) is 50.3 Å². The highest BCUT2D eigenvalue weighted by atomic mass is 32.2. The summed E-state index contributed by atoms with van der Waals surface area (Å²) in [6.45, 7) is 4.50. The minimum Gasteiger partial charge on any atom is -0.479 e. The van der Waals surface area contributed by atoms with Crippen LogP contribution in [0.1, 0.15) is 37.3 Å². The summed E-state index contributed by atoms with van der Waals surface area (Å²) in [6.07, 6.45) is 2.05. The van der Waals surface area contributed by atoms with E-state index in [0.29, 0.717) is 36.4 Å². The zero-order valence-corrected chi connectivity index (χ0v) is 20.4. The van der Waals surface area contributed by atoms with E-state index in [-0.39, 0.29) is 35.7 Å². The minimum atomic E-state index is -3.75. The highest BCUT2D eigenvalue weighted by molar-refractivity contribution is 7.89. The molecular formula is C25H31N3O5S. The van der Waals surface area contributed by atoms with Crippen molar-refractivity contribution in [3.8, 4) is 5.75 Å². The number of hydrogen-bond donors (Lipinski definition) is 2. The van der Waals surface area contributed by atoms with Crippen LogP contribution >= 0.6 is 0 Å². The van der Waals surface area contributed by atoms with Crippen LogP contribution in [0.3, 0.4) is 0 Å². The maximum Gasteiger partial charge on any atom is 0.265 e. The molecule has 34 heavy (non-hydrogen) atoms. The first-order valence-electron chi connectivity index (χ1n) is 11.7. The Labute approximate surface area is 200 Å². The van der Waals surface area contributed by atoms with Gasteiger partial charge in [0, 0.05) is 31.6 Å². The van der Waals surface area contributed by atoms with E-state index in [4.69, 9.17) is 4.74 Å². The van der Waals surface area contributed by atoms with Crippen molar-refractivity contribution in [2.75, 3.05) is 25.0 Å². The number of ether oxygens (including phenoxy) is 1. The van der Waals surface area contributed by atoms with Gasteiger partial charge in [-0.15, -0.1) is 0 Å². The fourth-order valence-electron chi connectivity index (χ4n) is 4.41. The Kier molecular flexibility index (Phi) is 7.23. The standard InChI is InChI=1S/C25H31N3O5S/c1-17-15-21-22(33-18(2)24(29)27-21)16-23(17)34(31,32)28-13-10-20(11-14-28)25(30)26-12-6-9-19-7-4-3-5-8-19/h3-5,7-8,15-16,18,20H,6,9-14H2,1-2H3,(H,26,30)(H,27,29)/t18-/m0/s1. The molecule has 4 rings (SSSR count). The van der Waals surface area contributed by atoms with Gasteiger partial charge in [0.2, 0.25) is 15.9 Å². The Morgan fingerprint density at radius 1 is 1.18 bits per heavy atom. The summed E-state index contributed by atoms with van der Waals surface area (Å²) in [5, 5.41) is 5.74. The van der Waals surface area contributed by atoms with E-state index in [9.17, 15) is 18.0 Å². The van der Waals surface area contributed by atoms with E-state index in [2.05, 4.69) is 22.8 Å². The van der Waals surface area contributed by atoms with Crippen LogP contribution in [0.5, 0.6) is 5.75 Å². The summed E-state index contributed by atoms with van der Waals surface area (Å²) >= 11 is 0. The Bertz CT molecular complexity index is 1160. The lowest BCUT2D eigenvalue weighted by molar-refractivity contribution is -0.126. The normalized spacial score (nSPS) is 19.1. The number of rotatable bonds is 7. The van der Waals surface area contributed by atoms with Crippen molar-refractivity contribution in [3.05, 3.63) is 53.6 Å². The van der Waals surface area contributed by atoms with E-state index in [1.165, 1.54) is 15.9 Å². The molecule has 0 spiro atoms. The molecule has 1 atom stereocenters. The molecule has 0 saturated carbocycles. The van der Waals surface area contributed by atoms with Crippen molar-refractivity contribution in [2.45, 2.75) is 50.5 Å². The van der Waals surface area contributed by atoms with Gasteiger partial charge in [-0.05, 0) is 56.7 Å². The van der Waals surface area contributed by atoms with E-state index in [1.54, 1.807) is 19.9 Å². The maximum atomic E-state index is 13.3.